The molecule has 0 aliphatic rings. The lowest BCUT2D eigenvalue weighted by molar-refractivity contribution is 0.0607. The first kappa shape index (κ1) is 16.4. The third kappa shape index (κ3) is 2.85. The number of carbonyl (C=O) groups excluding carboxylic acids is 1. The van der Waals surface area contributed by atoms with E-state index in [2.05, 4.69) is 19.5 Å². The number of hydrogen-bond donors (Lipinski definition) is 1. The van der Waals surface area contributed by atoms with E-state index >= 15 is 0 Å². The minimum atomic E-state index is -4.03. The zero-order valence-corrected chi connectivity index (χ0v) is 14.7. The number of pyridine rings is 1. The average Bonchev–Trinajstić information content (AvgIpc) is 3.13. The number of rotatable bonds is 4. The van der Waals surface area contributed by atoms with Crippen LogP contribution in [0.15, 0.2) is 28.7 Å². The number of sulfonamides is 1. The van der Waals surface area contributed by atoms with Crippen LogP contribution in [0.2, 0.25) is 0 Å². The molecule has 0 aliphatic heterocycles. The molecule has 0 amide bonds. The van der Waals surface area contributed by atoms with Crippen LogP contribution >= 0.6 is 11.3 Å². The molecule has 3 rings (SSSR count). The normalized spacial score (nSPS) is 11.6. The van der Waals surface area contributed by atoms with Crippen LogP contribution in [0.5, 0.6) is 0 Å². The molecule has 0 atom stereocenters. The molecule has 0 saturated heterocycles. The molecule has 3 aromatic heterocycles. The maximum absolute atomic E-state index is 12.5. The van der Waals surface area contributed by atoms with Gasteiger partial charge in [-0.3, -0.25) is 4.72 Å². The fourth-order valence-corrected chi connectivity index (χ4v) is 4.02. The molecular weight excluding hydrogens is 352 g/mol. The number of carbonyl (C=O) groups is 1. The van der Waals surface area contributed by atoms with Gasteiger partial charge in [0.05, 0.1) is 12.8 Å². The van der Waals surface area contributed by atoms with E-state index in [0.29, 0.717) is 5.65 Å². The molecule has 0 radical (unpaired) electrons. The van der Waals surface area contributed by atoms with Crippen LogP contribution in [-0.2, 0) is 14.8 Å². The van der Waals surface area contributed by atoms with E-state index < -0.39 is 16.0 Å². The number of methoxy groups -OCH3 is 1. The van der Waals surface area contributed by atoms with Gasteiger partial charge in [-0.2, -0.15) is 13.4 Å². The second kappa shape index (κ2) is 5.87. The van der Waals surface area contributed by atoms with Crippen molar-refractivity contribution in [3.05, 3.63) is 39.7 Å². The van der Waals surface area contributed by atoms with Crippen molar-refractivity contribution in [1.82, 2.24) is 14.6 Å². The first-order valence-electron chi connectivity index (χ1n) is 6.84. The van der Waals surface area contributed by atoms with Crippen molar-refractivity contribution < 1.29 is 17.9 Å². The highest BCUT2D eigenvalue weighted by atomic mass is 32.2. The van der Waals surface area contributed by atoms with Gasteiger partial charge in [-0.25, -0.2) is 9.31 Å². The fraction of sp³-hybridized carbons (Fsp3) is 0.214. The van der Waals surface area contributed by atoms with Crippen molar-refractivity contribution in [2.45, 2.75) is 19.0 Å². The highest BCUT2D eigenvalue weighted by Crippen LogP contribution is 2.25. The molecule has 3 aromatic rings. The number of nitrogens with one attached hydrogen (secondary N) is 1. The first-order valence-corrected chi connectivity index (χ1v) is 9.21. The summed E-state index contributed by atoms with van der Waals surface area (Å²) in [6.45, 7) is 3.70. The standard InChI is InChI=1S/C14H14N4O4S2/c1-8-6-9(2)18-11(7-8)15-14(16-18)24(20,21)17-10-4-5-23-12(10)13(19)22-3/h4-7,17H,1-3H3. The third-order valence-corrected chi connectivity index (χ3v) is 5.30. The predicted molar refractivity (Wildman–Crippen MR) is 88.9 cm³/mol. The number of fused-ring (bicyclic) bond motifs is 1. The number of esters is 1. The largest absolute Gasteiger partial charge is 0.465 e. The van der Waals surface area contributed by atoms with E-state index in [1.54, 1.807) is 11.4 Å². The summed E-state index contributed by atoms with van der Waals surface area (Å²) in [5.41, 5.74) is 2.30. The van der Waals surface area contributed by atoms with Gasteiger partial charge in [-0.1, -0.05) is 0 Å². The van der Waals surface area contributed by atoms with Gasteiger partial charge in [0.1, 0.15) is 4.88 Å². The van der Waals surface area contributed by atoms with Gasteiger partial charge >= 0.3 is 5.97 Å². The summed E-state index contributed by atoms with van der Waals surface area (Å²) < 4.78 is 33.5. The Balaban J connectivity index is 2.01. The van der Waals surface area contributed by atoms with Crippen LogP contribution in [0, 0.1) is 13.8 Å². The van der Waals surface area contributed by atoms with Crippen molar-refractivity contribution in [3.8, 4) is 0 Å². The van der Waals surface area contributed by atoms with Crippen molar-refractivity contribution in [1.29, 1.82) is 0 Å². The lowest BCUT2D eigenvalue weighted by atomic mass is 10.2. The zero-order chi connectivity index (χ0) is 17.5. The molecule has 1 N–H and O–H groups in total. The lowest BCUT2D eigenvalue weighted by Gasteiger charge is -2.04. The van der Waals surface area contributed by atoms with Gasteiger partial charge in [0.15, 0.2) is 5.65 Å². The van der Waals surface area contributed by atoms with Crippen LogP contribution in [-0.4, -0.2) is 36.1 Å². The molecule has 126 valence electrons. The molecule has 0 aromatic carbocycles. The van der Waals surface area contributed by atoms with E-state index in [0.717, 1.165) is 22.6 Å². The molecule has 0 saturated carbocycles. The van der Waals surface area contributed by atoms with E-state index in [9.17, 15) is 13.2 Å². The van der Waals surface area contributed by atoms with Crippen molar-refractivity contribution in [2.75, 3.05) is 11.8 Å². The smallest absolute Gasteiger partial charge is 0.350 e. The monoisotopic (exact) mass is 366 g/mol. The molecule has 3 heterocycles. The molecule has 8 nitrogen and oxygen atoms in total. The van der Waals surface area contributed by atoms with Crippen LogP contribution in [0.3, 0.4) is 0 Å². The summed E-state index contributed by atoms with van der Waals surface area (Å²) in [7, 11) is -2.80. The quantitative estimate of drug-likeness (QED) is 0.709. The van der Waals surface area contributed by atoms with Gasteiger partial charge in [0.25, 0.3) is 15.2 Å². The Bertz CT molecular complexity index is 1040. The summed E-state index contributed by atoms with van der Waals surface area (Å²) in [5.74, 6) is -0.614. The van der Waals surface area contributed by atoms with Crippen LogP contribution in [0.1, 0.15) is 20.9 Å². The number of thiophene rings is 1. The number of anilines is 1. The number of aromatic nitrogens is 3. The lowest BCUT2D eigenvalue weighted by Crippen LogP contribution is -2.16. The van der Waals surface area contributed by atoms with Crippen molar-refractivity contribution in [2.24, 2.45) is 0 Å². The second-order valence-electron chi connectivity index (χ2n) is 5.10. The summed E-state index contributed by atoms with van der Waals surface area (Å²) in [6, 6.07) is 5.10. The van der Waals surface area contributed by atoms with Crippen LogP contribution < -0.4 is 4.72 Å². The highest BCUT2D eigenvalue weighted by Gasteiger charge is 2.24. The first-order chi connectivity index (χ1) is 11.3. The van der Waals surface area contributed by atoms with Gasteiger partial charge in [0.2, 0.25) is 0 Å². The number of hydrogen-bond acceptors (Lipinski definition) is 7. The second-order valence-corrected chi connectivity index (χ2v) is 7.59. The van der Waals surface area contributed by atoms with E-state index in [1.165, 1.54) is 17.7 Å². The number of nitrogens with zero attached hydrogens (tertiary/aromatic N) is 3. The van der Waals surface area contributed by atoms with Gasteiger partial charge < -0.3 is 4.74 Å². The van der Waals surface area contributed by atoms with E-state index in [4.69, 9.17) is 0 Å². The Hall–Kier alpha value is -2.46. The maximum atomic E-state index is 12.5. The zero-order valence-electron chi connectivity index (χ0n) is 13.1. The third-order valence-electron chi connectivity index (χ3n) is 3.26. The molecule has 0 spiro atoms. The van der Waals surface area contributed by atoms with Crippen molar-refractivity contribution >= 4 is 38.7 Å². The van der Waals surface area contributed by atoms with Gasteiger partial charge in [-0.15, -0.1) is 16.4 Å². The minimum Gasteiger partial charge on any atom is -0.465 e. The average molecular weight is 366 g/mol. The Morgan fingerprint density at radius 2 is 2.08 bits per heavy atom. The van der Waals surface area contributed by atoms with Crippen LogP contribution in [0.4, 0.5) is 5.69 Å². The molecule has 24 heavy (non-hydrogen) atoms. The fourth-order valence-electron chi connectivity index (χ4n) is 2.24. The Kier molecular flexibility index (Phi) is 4.01. The summed E-state index contributed by atoms with van der Waals surface area (Å²) in [6.07, 6.45) is 0. The molecule has 0 unspecified atom stereocenters. The Morgan fingerprint density at radius 1 is 1.33 bits per heavy atom. The number of aryl methyl sites for hydroxylation is 2. The Morgan fingerprint density at radius 3 is 2.79 bits per heavy atom. The maximum Gasteiger partial charge on any atom is 0.350 e. The van der Waals surface area contributed by atoms with Gasteiger partial charge in [-0.05, 0) is 43.0 Å². The minimum absolute atomic E-state index is 0.138. The SMILES string of the molecule is COC(=O)c1sccc1NS(=O)(=O)c1nc2cc(C)cc(C)n2n1. The molecule has 0 fully saturated rings. The summed E-state index contributed by atoms with van der Waals surface area (Å²) in [4.78, 5) is 15.9. The van der Waals surface area contributed by atoms with Crippen molar-refractivity contribution in [3.63, 3.8) is 0 Å². The van der Waals surface area contributed by atoms with E-state index in [-0.39, 0.29) is 15.7 Å². The highest BCUT2D eigenvalue weighted by molar-refractivity contribution is 7.92. The van der Waals surface area contributed by atoms with E-state index in [1.807, 2.05) is 19.9 Å². The Labute approximate surface area is 142 Å². The molecular formula is C14H14N4O4S2. The van der Waals surface area contributed by atoms with Gasteiger partial charge in [0, 0.05) is 5.69 Å². The molecule has 0 aliphatic carbocycles. The molecule has 0 bridgehead atoms. The number of ether oxygens (including phenoxy) is 1. The molecule has 10 heteroatoms. The topological polar surface area (TPSA) is 103 Å². The predicted octanol–water partition coefficient (Wildman–Crippen LogP) is 2.00. The summed E-state index contributed by atoms with van der Waals surface area (Å²) in [5, 5.41) is 5.27. The summed E-state index contributed by atoms with van der Waals surface area (Å²) >= 11 is 1.08. The van der Waals surface area contributed by atoms with Crippen LogP contribution in [0.25, 0.3) is 5.65 Å².